The molecule has 0 aliphatic carbocycles. The Morgan fingerprint density at radius 1 is 0.929 bits per heavy atom. The Hall–Kier alpha value is -2.00. The number of aliphatic imine (C=N–C) groups is 1. The van der Waals surface area contributed by atoms with Crippen molar-refractivity contribution in [2.75, 3.05) is 34.5 Å². The van der Waals surface area contributed by atoms with Crippen LogP contribution in [0.15, 0.2) is 47.5 Å². The van der Waals surface area contributed by atoms with Crippen LogP contribution >= 0.6 is 24.0 Å². The van der Waals surface area contributed by atoms with E-state index in [1.165, 1.54) is 0 Å². The Bertz CT molecular complexity index is 753. The molecule has 0 amide bonds. The van der Waals surface area contributed by atoms with Gasteiger partial charge in [0.15, 0.2) is 5.96 Å². The average molecular weight is 499 g/mol. The van der Waals surface area contributed by atoms with Crippen LogP contribution < -0.4 is 20.1 Å². The highest BCUT2D eigenvalue weighted by Gasteiger charge is 2.07. The lowest BCUT2D eigenvalue weighted by molar-refractivity contribution is 0.145. The second-order valence-electron chi connectivity index (χ2n) is 6.04. The van der Waals surface area contributed by atoms with Gasteiger partial charge in [0.2, 0.25) is 0 Å². The van der Waals surface area contributed by atoms with Crippen LogP contribution in [0.25, 0.3) is 0 Å². The van der Waals surface area contributed by atoms with Crippen LogP contribution in [0.4, 0.5) is 0 Å². The molecule has 0 aliphatic rings. The van der Waals surface area contributed by atoms with Gasteiger partial charge in [0, 0.05) is 38.4 Å². The number of benzene rings is 2. The zero-order valence-corrected chi connectivity index (χ0v) is 19.3. The lowest BCUT2D eigenvalue weighted by Crippen LogP contribution is -2.36. The maximum absolute atomic E-state index is 5.84. The molecular formula is C21H30IN3O3. The van der Waals surface area contributed by atoms with E-state index in [0.717, 1.165) is 28.2 Å². The number of ether oxygens (including phenoxy) is 3. The smallest absolute Gasteiger partial charge is 0.191 e. The molecule has 0 saturated heterocycles. The standard InChI is InChI=1S/C21H29N3O3.HI/c1-16-9-10-18(20(13-16)27-12-11-25-3)15-24-21(22-2)23-14-17-7-5-6-8-19(17)26-4;/h5-10,13H,11-12,14-15H2,1-4H3,(H2,22,23,24);1H. The minimum atomic E-state index is 0. The molecule has 154 valence electrons. The Balaban J connectivity index is 0.00000392. The quantitative estimate of drug-likeness (QED) is 0.239. The van der Waals surface area contributed by atoms with Crippen LogP contribution in [-0.4, -0.2) is 40.4 Å². The number of aryl methyl sites for hydroxylation is 1. The SMILES string of the molecule is CN=C(NCc1ccccc1OC)NCc1ccc(C)cc1OCCOC.I. The molecule has 0 atom stereocenters. The molecule has 2 aromatic carbocycles. The average Bonchev–Trinajstić information content (AvgIpc) is 2.69. The number of nitrogens with zero attached hydrogens (tertiary/aromatic N) is 1. The Labute approximate surface area is 184 Å². The fraction of sp³-hybridized carbons (Fsp3) is 0.381. The summed E-state index contributed by atoms with van der Waals surface area (Å²) < 4.78 is 16.3. The van der Waals surface area contributed by atoms with Crippen LogP contribution in [-0.2, 0) is 17.8 Å². The van der Waals surface area contributed by atoms with Gasteiger partial charge in [-0.2, -0.15) is 0 Å². The van der Waals surface area contributed by atoms with Gasteiger partial charge in [0.05, 0.1) is 13.7 Å². The van der Waals surface area contributed by atoms with Gasteiger partial charge in [0.25, 0.3) is 0 Å². The first-order chi connectivity index (χ1) is 13.2. The van der Waals surface area contributed by atoms with Crippen LogP contribution in [0.1, 0.15) is 16.7 Å². The molecule has 0 fully saturated rings. The molecule has 0 radical (unpaired) electrons. The van der Waals surface area contributed by atoms with Crippen LogP contribution in [0.5, 0.6) is 11.5 Å². The summed E-state index contributed by atoms with van der Waals surface area (Å²) >= 11 is 0. The van der Waals surface area contributed by atoms with E-state index in [0.29, 0.717) is 32.3 Å². The largest absolute Gasteiger partial charge is 0.496 e. The van der Waals surface area contributed by atoms with Crippen LogP contribution in [0.3, 0.4) is 0 Å². The maximum Gasteiger partial charge on any atom is 0.191 e. The highest BCUT2D eigenvalue weighted by Crippen LogP contribution is 2.20. The van der Waals surface area contributed by atoms with Crippen molar-refractivity contribution in [1.29, 1.82) is 0 Å². The fourth-order valence-electron chi connectivity index (χ4n) is 2.60. The molecule has 2 rings (SSSR count). The maximum atomic E-state index is 5.84. The van der Waals surface area contributed by atoms with E-state index in [1.54, 1.807) is 21.3 Å². The summed E-state index contributed by atoms with van der Waals surface area (Å²) in [5.74, 6) is 2.43. The first-order valence-corrected chi connectivity index (χ1v) is 8.95. The number of hydrogen-bond donors (Lipinski definition) is 2. The Kier molecular flexibility index (Phi) is 11.4. The molecule has 6 nitrogen and oxygen atoms in total. The van der Waals surface area contributed by atoms with Gasteiger partial charge in [-0.15, -0.1) is 24.0 Å². The van der Waals surface area contributed by atoms with Crippen molar-refractivity contribution < 1.29 is 14.2 Å². The van der Waals surface area contributed by atoms with Gasteiger partial charge < -0.3 is 24.8 Å². The molecule has 0 aliphatic heterocycles. The number of hydrogen-bond acceptors (Lipinski definition) is 4. The number of guanidine groups is 1. The van der Waals surface area contributed by atoms with Gasteiger partial charge in [-0.25, -0.2) is 0 Å². The number of rotatable bonds is 9. The van der Waals surface area contributed by atoms with Crippen molar-refractivity contribution in [2.45, 2.75) is 20.0 Å². The van der Waals surface area contributed by atoms with E-state index in [1.807, 2.05) is 37.3 Å². The van der Waals surface area contributed by atoms with Crippen LogP contribution in [0.2, 0.25) is 0 Å². The van der Waals surface area contributed by atoms with Crippen molar-refractivity contribution >= 4 is 29.9 Å². The molecule has 7 heteroatoms. The first-order valence-electron chi connectivity index (χ1n) is 8.95. The van der Waals surface area contributed by atoms with E-state index in [9.17, 15) is 0 Å². The van der Waals surface area contributed by atoms with Crippen molar-refractivity contribution in [1.82, 2.24) is 10.6 Å². The van der Waals surface area contributed by atoms with Crippen molar-refractivity contribution in [3.63, 3.8) is 0 Å². The highest BCUT2D eigenvalue weighted by atomic mass is 127. The summed E-state index contributed by atoms with van der Waals surface area (Å²) in [4.78, 5) is 4.29. The molecule has 0 aromatic heterocycles. The summed E-state index contributed by atoms with van der Waals surface area (Å²) in [5, 5.41) is 6.64. The molecule has 0 unspecified atom stereocenters. The number of halogens is 1. The molecule has 0 heterocycles. The zero-order chi connectivity index (χ0) is 19.5. The van der Waals surface area contributed by atoms with Crippen molar-refractivity contribution in [2.24, 2.45) is 4.99 Å². The topological polar surface area (TPSA) is 64.1 Å². The lowest BCUT2D eigenvalue weighted by Gasteiger charge is -2.16. The number of methoxy groups -OCH3 is 2. The summed E-state index contributed by atoms with van der Waals surface area (Å²) in [6.07, 6.45) is 0. The molecular weight excluding hydrogens is 469 g/mol. The van der Waals surface area contributed by atoms with E-state index in [-0.39, 0.29) is 24.0 Å². The second-order valence-corrected chi connectivity index (χ2v) is 6.04. The van der Waals surface area contributed by atoms with Crippen molar-refractivity contribution in [3.05, 3.63) is 59.2 Å². The van der Waals surface area contributed by atoms with E-state index in [2.05, 4.69) is 27.8 Å². The van der Waals surface area contributed by atoms with Crippen LogP contribution in [0, 0.1) is 6.92 Å². The van der Waals surface area contributed by atoms with Crippen molar-refractivity contribution in [3.8, 4) is 11.5 Å². The minimum absolute atomic E-state index is 0. The number of nitrogens with one attached hydrogen (secondary N) is 2. The number of para-hydroxylation sites is 1. The van der Waals surface area contributed by atoms with E-state index in [4.69, 9.17) is 14.2 Å². The molecule has 0 bridgehead atoms. The monoisotopic (exact) mass is 499 g/mol. The van der Waals surface area contributed by atoms with E-state index >= 15 is 0 Å². The normalized spacial score (nSPS) is 10.8. The predicted molar refractivity (Wildman–Crippen MR) is 124 cm³/mol. The summed E-state index contributed by atoms with van der Waals surface area (Å²) in [6, 6.07) is 14.1. The molecule has 0 saturated carbocycles. The highest BCUT2D eigenvalue weighted by molar-refractivity contribution is 14.0. The zero-order valence-electron chi connectivity index (χ0n) is 17.0. The van der Waals surface area contributed by atoms with Gasteiger partial charge in [-0.05, 0) is 24.6 Å². The first kappa shape index (κ1) is 24.0. The Morgan fingerprint density at radius 2 is 1.61 bits per heavy atom. The predicted octanol–water partition coefficient (Wildman–Crippen LogP) is 3.51. The van der Waals surface area contributed by atoms with Gasteiger partial charge >= 0.3 is 0 Å². The molecule has 2 N–H and O–H groups in total. The van der Waals surface area contributed by atoms with E-state index < -0.39 is 0 Å². The summed E-state index contributed by atoms with van der Waals surface area (Å²) in [7, 11) is 5.09. The minimum Gasteiger partial charge on any atom is -0.496 e. The van der Waals surface area contributed by atoms with Gasteiger partial charge in [-0.3, -0.25) is 4.99 Å². The lowest BCUT2D eigenvalue weighted by atomic mass is 10.1. The molecule has 2 aromatic rings. The molecule has 28 heavy (non-hydrogen) atoms. The Morgan fingerprint density at radius 3 is 2.25 bits per heavy atom. The molecule has 0 spiro atoms. The summed E-state index contributed by atoms with van der Waals surface area (Å²) in [5.41, 5.74) is 3.30. The summed E-state index contributed by atoms with van der Waals surface area (Å²) in [6.45, 7) is 4.35. The van der Waals surface area contributed by atoms with Gasteiger partial charge in [-0.1, -0.05) is 30.3 Å². The third kappa shape index (κ3) is 7.55. The van der Waals surface area contributed by atoms with Gasteiger partial charge in [0.1, 0.15) is 18.1 Å². The second kappa shape index (κ2) is 13.2. The fourth-order valence-corrected chi connectivity index (χ4v) is 2.60. The third-order valence-electron chi connectivity index (χ3n) is 4.08. The third-order valence-corrected chi connectivity index (χ3v) is 4.08.